The number of rotatable bonds is 1. The average Bonchev–Trinajstić information content (AvgIpc) is 2.05. The highest BCUT2D eigenvalue weighted by atomic mass is 17.2. The molecule has 1 fully saturated rings. The van der Waals surface area contributed by atoms with Crippen molar-refractivity contribution >= 4 is 6.16 Å². The highest BCUT2D eigenvalue weighted by Gasteiger charge is 2.09. The van der Waals surface area contributed by atoms with E-state index in [0.29, 0.717) is 0 Å². The minimum absolute atomic E-state index is 0.128. The van der Waals surface area contributed by atoms with Crippen LogP contribution in [0.15, 0.2) is 12.7 Å². The Bertz CT molecular complexity index is 135. The molecule has 1 aliphatic rings. The zero-order chi connectivity index (χ0) is 9.40. The van der Waals surface area contributed by atoms with Gasteiger partial charge in [0.25, 0.3) is 0 Å². The van der Waals surface area contributed by atoms with Crippen molar-refractivity contribution in [2.75, 3.05) is 6.61 Å². The summed E-state index contributed by atoms with van der Waals surface area (Å²) >= 11 is 0. The van der Waals surface area contributed by atoms with Crippen LogP contribution in [0.25, 0.3) is 0 Å². The molecule has 12 heavy (non-hydrogen) atoms. The second-order valence-corrected chi connectivity index (χ2v) is 2.12. The lowest BCUT2D eigenvalue weighted by Gasteiger charge is -2.16. The molecule has 0 aromatic carbocycles. The van der Waals surface area contributed by atoms with Crippen molar-refractivity contribution in [2.24, 2.45) is 0 Å². The molecule has 5 nitrogen and oxygen atoms in total. The molecule has 0 radical (unpaired) electrons. The first-order valence-electron chi connectivity index (χ1n) is 3.49. The van der Waals surface area contributed by atoms with Gasteiger partial charge >= 0.3 is 6.16 Å². The van der Waals surface area contributed by atoms with Crippen LogP contribution in [0.3, 0.4) is 0 Å². The topological polar surface area (TPSA) is 76.0 Å². The first-order valence-corrected chi connectivity index (χ1v) is 3.49. The summed E-state index contributed by atoms with van der Waals surface area (Å²) in [6.07, 6.45) is 2.18. The SMILES string of the molecule is C=CC1CCCOO1.O=C(O)O. The van der Waals surface area contributed by atoms with Gasteiger partial charge in [0.2, 0.25) is 0 Å². The zero-order valence-electron chi connectivity index (χ0n) is 6.60. The van der Waals surface area contributed by atoms with Crippen LogP contribution < -0.4 is 0 Å². The molecule has 1 heterocycles. The van der Waals surface area contributed by atoms with E-state index in [1.807, 2.05) is 0 Å². The Labute approximate surface area is 70.1 Å². The Morgan fingerprint density at radius 1 is 1.58 bits per heavy atom. The molecule has 1 rings (SSSR count). The summed E-state index contributed by atoms with van der Waals surface area (Å²) in [5.41, 5.74) is 0. The molecule has 5 heteroatoms. The van der Waals surface area contributed by atoms with Gasteiger partial charge in [-0.1, -0.05) is 6.08 Å². The van der Waals surface area contributed by atoms with Crippen LogP contribution in [0, 0.1) is 0 Å². The zero-order valence-corrected chi connectivity index (χ0v) is 6.60. The van der Waals surface area contributed by atoms with Crippen molar-refractivity contribution in [3.05, 3.63) is 12.7 Å². The van der Waals surface area contributed by atoms with Gasteiger partial charge in [0, 0.05) is 0 Å². The van der Waals surface area contributed by atoms with Gasteiger partial charge in [0.05, 0.1) is 6.61 Å². The van der Waals surface area contributed by atoms with Crippen molar-refractivity contribution in [1.29, 1.82) is 0 Å². The van der Waals surface area contributed by atoms with E-state index in [2.05, 4.69) is 6.58 Å². The molecule has 1 atom stereocenters. The molecular formula is C7H12O5. The summed E-state index contributed by atoms with van der Waals surface area (Å²) in [4.78, 5) is 18.1. The predicted molar refractivity (Wildman–Crippen MR) is 40.9 cm³/mol. The number of hydrogen-bond acceptors (Lipinski definition) is 3. The standard InChI is InChI=1S/C6H10O2.CH2O3/c1-2-6-4-3-5-7-8-6;2-1(3)4/h2,6H,1,3-5H2;(H2,2,3,4). The largest absolute Gasteiger partial charge is 0.503 e. The number of carboxylic acid groups (broad SMARTS) is 2. The molecule has 0 aromatic rings. The van der Waals surface area contributed by atoms with E-state index < -0.39 is 6.16 Å². The van der Waals surface area contributed by atoms with Gasteiger partial charge in [-0.2, -0.15) is 0 Å². The smallest absolute Gasteiger partial charge is 0.450 e. The minimum atomic E-state index is -1.83. The molecule has 70 valence electrons. The predicted octanol–water partition coefficient (Wildman–Crippen LogP) is 1.51. The van der Waals surface area contributed by atoms with Crippen molar-refractivity contribution in [3.8, 4) is 0 Å². The third-order valence-electron chi connectivity index (χ3n) is 1.17. The van der Waals surface area contributed by atoms with Crippen LogP contribution in [0.4, 0.5) is 4.79 Å². The number of carbonyl (C=O) groups is 1. The Morgan fingerprint density at radius 3 is 2.42 bits per heavy atom. The van der Waals surface area contributed by atoms with Gasteiger partial charge in [-0.05, 0) is 12.8 Å². The monoisotopic (exact) mass is 176 g/mol. The average molecular weight is 176 g/mol. The Balaban J connectivity index is 0.000000261. The van der Waals surface area contributed by atoms with Crippen molar-refractivity contribution in [1.82, 2.24) is 0 Å². The molecular weight excluding hydrogens is 164 g/mol. The van der Waals surface area contributed by atoms with E-state index in [1.165, 1.54) is 0 Å². The van der Waals surface area contributed by atoms with Crippen LogP contribution in [0.2, 0.25) is 0 Å². The Kier molecular flexibility index (Phi) is 6.04. The lowest BCUT2D eigenvalue weighted by Crippen LogP contribution is -2.17. The van der Waals surface area contributed by atoms with E-state index in [9.17, 15) is 0 Å². The van der Waals surface area contributed by atoms with Gasteiger partial charge in [0.15, 0.2) is 0 Å². The molecule has 1 aliphatic heterocycles. The van der Waals surface area contributed by atoms with Crippen molar-refractivity contribution in [3.63, 3.8) is 0 Å². The van der Waals surface area contributed by atoms with Gasteiger partial charge in [-0.3, -0.25) is 0 Å². The Morgan fingerprint density at radius 2 is 2.17 bits per heavy atom. The molecule has 0 amide bonds. The summed E-state index contributed by atoms with van der Waals surface area (Å²) < 4.78 is 0. The van der Waals surface area contributed by atoms with Crippen molar-refractivity contribution in [2.45, 2.75) is 18.9 Å². The minimum Gasteiger partial charge on any atom is -0.450 e. The molecule has 1 unspecified atom stereocenters. The summed E-state index contributed by atoms with van der Waals surface area (Å²) in [7, 11) is 0. The molecule has 0 bridgehead atoms. The van der Waals surface area contributed by atoms with Gasteiger partial charge in [-0.25, -0.2) is 14.6 Å². The van der Waals surface area contributed by atoms with Crippen LogP contribution in [-0.4, -0.2) is 29.1 Å². The fourth-order valence-corrected chi connectivity index (χ4v) is 0.684. The fraction of sp³-hybridized carbons (Fsp3) is 0.571. The first kappa shape index (κ1) is 10.9. The fourth-order valence-electron chi connectivity index (χ4n) is 0.684. The van der Waals surface area contributed by atoms with Gasteiger partial charge in [0.1, 0.15) is 6.10 Å². The highest BCUT2D eigenvalue weighted by molar-refractivity contribution is 5.53. The third kappa shape index (κ3) is 7.04. The summed E-state index contributed by atoms with van der Waals surface area (Å²) in [6.45, 7) is 4.31. The second-order valence-electron chi connectivity index (χ2n) is 2.12. The van der Waals surface area contributed by atoms with Crippen LogP contribution >= 0.6 is 0 Å². The van der Waals surface area contributed by atoms with E-state index in [1.54, 1.807) is 6.08 Å². The quantitative estimate of drug-likeness (QED) is 0.467. The lowest BCUT2D eigenvalue weighted by atomic mass is 10.2. The maximum absolute atomic E-state index is 8.56. The van der Waals surface area contributed by atoms with E-state index in [-0.39, 0.29) is 6.10 Å². The lowest BCUT2D eigenvalue weighted by molar-refractivity contribution is -0.333. The number of hydrogen-bond donors (Lipinski definition) is 2. The van der Waals surface area contributed by atoms with E-state index >= 15 is 0 Å². The van der Waals surface area contributed by atoms with Crippen LogP contribution in [-0.2, 0) is 9.78 Å². The molecule has 1 saturated heterocycles. The summed E-state index contributed by atoms with van der Waals surface area (Å²) in [6, 6.07) is 0. The van der Waals surface area contributed by atoms with E-state index in [0.717, 1.165) is 19.4 Å². The molecule has 0 aromatic heterocycles. The van der Waals surface area contributed by atoms with Crippen LogP contribution in [0.1, 0.15) is 12.8 Å². The maximum atomic E-state index is 8.56. The first-order chi connectivity index (χ1) is 5.66. The van der Waals surface area contributed by atoms with Gasteiger partial charge in [-0.15, -0.1) is 6.58 Å². The normalized spacial score (nSPS) is 21.8. The summed E-state index contributed by atoms with van der Waals surface area (Å²) in [5, 5.41) is 13.9. The van der Waals surface area contributed by atoms with E-state index in [4.69, 9.17) is 24.8 Å². The second kappa shape index (κ2) is 6.63. The molecule has 0 spiro atoms. The highest BCUT2D eigenvalue weighted by Crippen LogP contribution is 2.09. The summed E-state index contributed by atoms with van der Waals surface area (Å²) in [5.74, 6) is 0. The molecule has 0 aliphatic carbocycles. The molecule has 0 saturated carbocycles. The Hall–Kier alpha value is -1.07. The molecule has 2 N–H and O–H groups in total. The van der Waals surface area contributed by atoms with Gasteiger partial charge < -0.3 is 10.2 Å². The van der Waals surface area contributed by atoms with Crippen LogP contribution in [0.5, 0.6) is 0 Å². The third-order valence-corrected chi connectivity index (χ3v) is 1.17. The maximum Gasteiger partial charge on any atom is 0.503 e. The van der Waals surface area contributed by atoms with Crippen molar-refractivity contribution < 1.29 is 24.8 Å².